The van der Waals surface area contributed by atoms with Gasteiger partial charge in [0.25, 0.3) is 0 Å². The maximum absolute atomic E-state index is 5.85. The molecule has 0 aromatic heterocycles. The van der Waals surface area contributed by atoms with Gasteiger partial charge >= 0.3 is 0 Å². The predicted octanol–water partition coefficient (Wildman–Crippen LogP) is 4.85. The van der Waals surface area contributed by atoms with E-state index in [-0.39, 0.29) is 0 Å². The SMILES string of the molecule is COc1ccccc1C(OS)(c1ccccc1)c1ccccc1. The maximum Gasteiger partial charge on any atom is 0.161 e. The molecule has 0 aliphatic rings. The van der Waals surface area contributed by atoms with E-state index in [9.17, 15) is 0 Å². The van der Waals surface area contributed by atoms with Gasteiger partial charge in [-0.1, -0.05) is 78.9 Å². The van der Waals surface area contributed by atoms with Gasteiger partial charge in [-0.25, -0.2) is 0 Å². The number of hydrogen-bond acceptors (Lipinski definition) is 3. The van der Waals surface area contributed by atoms with Crippen LogP contribution in [0.3, 0.4) is 0 Å². The van der Waals surface area contributed by atoms with E-state index >= 15 is 0 Å². The molecule has 0 N–H and O–H groups in total. The maximum atomic E-state index is 5.85. The molecule has 2 nitrogen and oxygen atoms in total. The zero-order chi connectivity index (χ0) is 16.1. The zero-order valence-electron chi connectivity index (χ0n) is 12.8. The van der Waals surface area contributed by atoms with Crippen molar-refractivity contribution in [2.45, 2.75) is 5.60 Å². The van der Waals surface area contributed by atoms with E-state index in [0.717, 1.165) is 22.4 Å². The van der Waals surface area contributed by atoms with Crippen LogP contribution < -0.4 is 4.74 Å². The second kappa shape index (κ2) is 6.90. The van der Waals surface area contributed by atoms with Gasteiger partial charge in [0.05, 0.1) is 7.11 Å². The van der Waals surface area contributed by atoms with Crippen molar-refractivity contribution in [3.63, 3.8) is 0 Å². The summed E-state index contributed by atoms with van der Waals surface area (Å²) in [4.78, 5) is 0. The highest BCUT2D eigenvalue weighted by atomic mass is 32.1. The Morgan fingerprint density at radius 1 is 0.696 bits per heavy atom. The normalized spacial score (nSPS) is 11.2. The van der Waals surface area contributed by atoms with Crippen molar-refractivity contribution in [2.24, 2.45) is 0 Å². The minimum atomic E-state index is -0.849. The monoisotopic (exact) mass is 322 g/mol. The molecule has 23 heavy (non-hydrogen) atoms. The third-order valence-corrected chi connectivity index (χ3v) is 4.26. The highest BCUT2D eigenvalue weighted by Gasteiger charge is 2.39. The van der Waals surface area contributed by atoms with Gasteiger partial charge in [0, 0.05) is 5.56 Å². The number of rotatable bonds is 5. The van der Waals surface area contributed by atoms with Crippen LogP contribution in [-0.4, -0.2) is 7.11 Å². The minimum Gasteiger partial charge on any atom is -0.496 e. The summed E-state index contributed by atoms with van der Waals surface area (Å²) in [7, 11) is 1.66. The van der Waals surface area contributed by atoms with Gasteiger partial charge in [-0.05, 0) is 30.1 Å². The van der Waals surface area contributed by atoms with E-state index in [2.05, 4.69) is 12.9 Å². The van der Waals surface area contributed by atoms with Crippen molar-refractivity contribution in [2.75, 3.05) is 7.11 Å². The lowest BCUT2D eigenvalue weighted by Crippen LogP contribution is -2.30. The number of hydrogen-bond donors (Lipinski definition) is 1. The van der Waals surface area contributed by atoms with Gasteiger partial charge in [0.2, 0.25) is 0 Å². The van der Waals surface area contributed by atoms with E-state index in [1.807, 2.05) is 84.9 Å². The van der Waals surface area contributed by atoms with Crippen molar-refractivity contribution < 1.29 is 8.92 Å². The molecule has 116 valence electrons. The fourth-order valence-electron chi connectivity index (χ4n) is 2.91. The molecule has 0 heterocycles. The molecule has 0 amide bonds. The highest BCUT2D eigenvalue weighted by molar-refractivity contribution is 7.75. The molecule has 0 aliphatic carbocycles. The second-order valence-corrected chi connectivity index (χ2v) is 5.39. The van der Waals surface area contributed by atoms with Crippen LogP contribution in [-0.2, 0) is 9.78 Å². The van der Waals surface area contributed by atoms with Crippen molar-refractivity contribution in [3.05, 3.63) is 102 Å². The second-order valence-electron chi connectivity index (χ2n) is 5.20. The molecule has 3 aromatic carbocycles. The molecule has 0 atom stereocenters. The van der Waals surface area contributed by atoms with Gasteiger partial charge in [-0.3, -0.25) is 4.18 Å². The summed E-state index contributed by atoms with van der Waals surface area (Å²) in [5, 5.41) is 0. The zero-order valence-corrected chi connectivity index (χ0v) is 13.7. The van der Waals surface area contributed by atoms with Gasteiger partial charge in [-0.15, -0.1) is 0 Å². The van der Waals surface area contributed by atoms with Crippen LogP contribution in [0.15, 0.2) is 84.9 Å². The molecule has 0 saturated carbocycles. The first-order valence-electron chi connectivity index (χ1n) is 7.40. The summed E-state index contributed by atoms with van der Waals surface area (Å²) in [5.41, 5.74) is 2.05. The number of benzene rings is 3. The van der Waals surface area contributed by atoms with E-state index < -0.39 is 5.60 Å². The van der Waals surface area contributed by atoms with E-state index in [1.54, 1.807) is 7.11 Å². The summed E-state index contributed by atoms with van der Waals surface area (Å²) >= 11 is 4.27. The summed E-state index contributed by atoms with van der Waals surface area (Å²) in [6, 6.07) is 28.0. The molecule has 3 heteroatoms. The molecular formula is C20H18O2S. The standard InChI is InChI=1S/C20H18O2S/c1-21-19-15-9-8-14-18(19)20(22-23,16-10-4-2-5-11-16)17-12-6-3-7-13-17/h2-15,23H,1H3. The first kappa shape index (κ1) is 15.7. The Morgan fingerprint density at radius 2 is 1.17 bits per heavy atom. The Bertz CT molecular complexity index is 717. The lowest BCUT2D eigenvalue weighted by atomic mass is 9.80. The molecule has 0 unspecified atom stereocenters. The van der Waals surface area contributed by atoms with Gasteiger partial charge in [0.15, 0.2) is 5.60 Å². The van der Waals surface area contributed by atoms with Crippen LogP contribution in [0.1, 0.15) is 16.7 Å². The Morgan fingerprint density at radius 3 is 1.65 bits per heavy atom. The van der Waals surface area contributed by atoms with E-state index in [4.69, 9.17) is 8.92 Å². The van der Waals surface area contributed by atoms with Gasteiger partial charge < -0.3 is 4.74 Å². The molecule has 0 bridgehead atoms. The van der Waals surface area contributed by atoms with E-state index in [1.165, 1.54) is 0 Å². The lowest BCUT2D eigenvalue weighted by Gasteiger charge is -2.34. The lowest BCUT2D eigenvalue weighted by molar-refractivity contribution is 0.192. The minimum absolute atomic E-state index is 0.759. The fourth-order valence-corrected chi connectivity index (χ4v) is 3.22. The Kier molecular flexibility index (Phi) is 4.70. The smallest absolute Gasteiger partial charge is 0.161 e. The third-order valence-electron chi connectivity index (χ3n) is 3.98. The Labute approximate surface area is 142 Å². The van der Waals surface area contributed by atoms with Crippen molar-refractivity contribution >= 4 is 12.9 Å². The fraction of sp³-hybridized carbons (Fsp3) is 0.100. The van der Waals surface area contributed by atoms with Crippen molar-refractivity contribution in [1.29, 1.82) is 0 Å². The average molecular weight is 322 g/mol. The summed E-state index contributed by atoms with van der Waals surface area (Å²) in [6.45, 7) is 0. The van der Waals surface area contributed by atoms with Gasteiger partial charge in [-0.2, -0.15) is 0 Å². The number of methoxy groups -OCH3 is 1. The molecular weight excluding hydrogens is 304 g/mol. The van der Waals surface area contributed by atoms with Crippen LogP contribution in [0, 0.1) is 0 Å². The van der Waals surface area contributed by atoms with E-state index in [0.29, 0.717) is 0 Å². The molecule has 3 rings (SSSR count). The summed E-state index contributed by atoms with van der Waals surface area (Å²) in [6.07, 6.45) is 0. The van der Waals surface area contributed by atoms with Crippen LogP contribution >= 0.6 is 12.9 Å². The van der Waals surface area contributed by atoms with Crippen LogP contribution in [0.2, 0.25) is 0 Å². The van der Waals surface area contributed by atoms with Gasteiger partial charge in [0.1, 0.15) is 5.75 Å². The van der Waals surface area contributed by atoms with Crippen molar-refractivity contribution in [1.82, 2.24) is 0 Å². The van der Waals surface area contributed by atoms with Crippen LogP contribution in [0.4, 0.5) is 0 Å². The third kappa shape index (κ3) is 2.74. The van der Waals surface area contributed by atoms with Crippen LogP contribution in [0.25, 0.3) is 0 Å². The van der Waals surface area contributed by atoms with Crippen molar-refractivity contribution in [3.8, 4) is 5.75 Å². The largest absolute Gasteiger partial charge is 0.496 e. The number of ether oxygens (including phenoxy) is 1. The first-order valence-corrected chi connectivity index (χ1v) is 7.76. The molecule has 3 aromatic rings. The first-order chi connectivity index (χ1) is 11.3. The molecule has 0 spiro atoms. The quantitative estimate of drug-likeness (QED) is 0.411. The summed E-state index contributed by atoms with van der Waals surface area (Å²) < 4.78 is 11.4. The Balaban J connectivity index is 2.34. The van der Waals surface area contributed by atoms with Crippen LogP contribution in [0.5, 0.6) is 5.75 Å². The Hall–Kier alpha value is -2.23. The molecule has 0 aliphatic heterocycles. The molecule has 0 radical (unpaired) electrons. The highest BCUT2D eigenvalue weighted by Crippen LogP contribution is 2.44. The average Bonchev–Trinajstić information content (AvgIpc) is 2.65. The summed E-state index contributed by atoms with van der Waals surface area (Å²) in [5.74, 6) is 0.759. The topological polar surface area (TPSA) is 18.5 Å². The number of para-hydroxylation sites is 1. The predicted molar refractivity (Wildman–Crippen MR) is 95.8 cm³/mol. The molecule has 0 saturated heterocycles. The number of thiol groups is 1. The molecule has 0 fully saturated rings.